The van der Waals surface area contributed by atoms with Gasteiger partial charge in [0.15, 0.2) is 5.78 Å². The van der Waals surface area contributed by atoms with Gasteiger partial charge in [-0.15, -0.1) is 0 Å². The average Bonchev–Trinajstić information content (AvgIpc) is 2.63. The number of hydrogen-bond acceptors (Lipinski definition) is 4. The molecule has 5 heteroatoms. The third kappa shape index (κ3) is 21.4. The fourth-order valence-electron chi connectivity index (χ4n) is 2.76. The van der Waals surface area contributed by atoms with E-state index in [0.29, 0.717) is 13.0 Å². The van der Waals surface area contributed by atoms with Gasteiger partial charge in [-0.05, 0) is 25.8 Å². The Morgan fingerprint density at radius 1 is 0.680 bits per heavy atom. The highest BCUT2D eigenvalue weighted by Gasteiger charge is 1.99. The van der Waals surface area contributed by atoms with E-state index in [0.717, 1.165) is 26.1 Å². The lowest BCUT2D eigenvalue weighted by atomic mass is 10.1. The number of Topliss-reactive ketones (excluding diaryl/α,β-unsaturated/α-hetero) is 1. The lowest BCUT2D eigenvalue weighted by molar-refractivity contribution is -0.119. The molecule has 0 aliphatic rings. The molecule has 4 nitrogen and oxygen atoms in total. The Labute approximate surface area is 155 Å². The van der Waals surface area contributed by atoms with Crippen molar-refractivity contribution in [1.82, 2.24) is 16.2 Å². The van der Waals surface area contributed by atoms with E-state index in [-0.39, 0.29) is 5.78 Å². The first-order valence-corrected chi connectivity index (χ1v) is 10.5. The van der Waals surface area contributed by atoms with Crippen LogP contribution in [0.25, 0.3) is 0 Å². The number of nitrogens with one attached hydrogen (secondary N) is 3. The zero-order valence-electron chi connectivity index (χ0n) is 16.5. The average molecular weight is 360 g/mol. The Morgan fingerprint density at radius 2 is 1.16 bits per heavy atom. The number of alkyl halides is 1. The van der Waals surface area contributed by atoms with Crippen molar-refractivity contribution in [2.24, 2.45) is 0 Å². The lowest BCUT2D eigenvalue weighted by Gasteiger charge is -2.06. The molecule has 0 atom stereocenters. The van der Waals surface area contributed by atoms with Gasteiger partial charge in [0.2, 0.25) is 0 Å². The highest BCUT2D eigenvalue weighted by Crippen LogP contribution is 2.09. The quantitative estimate of drug-likeness (QED) is 0.211. The number of rotatable bonds is 21. The minimum absolute atomic E-state index is 0.300. The second-order valence-electron chi connectivity index (χ2n) is 6.91. The van der Waals surface area contributed by atoms with Crippen molar-refractivity contribution in [3.05, 3.63) is 0 Å². The van der Waals surface area contributed by atoms with Crippen molar-refractivity contribution in [3.63, 3.8) is 0 Å². The van der Waals surface area contributed by atoms with E-state index in [1.165, 1.54) is 70.6 Å². The fraction of sp³-hybridized carbons (Fsp3) is 0.950. The van der Waals surface area contributed by atoms with Crippen LogP contribution in [0.5, 0.6) is 0 Å². The summed E-state index contributed by atoms with van der Waals surface area (Å²) >= 11 is 0. The largest absolute Gasteiger partial charge is 0.316 e. The van der Waals surface area contributed by atoms with Gasteiger partial charge in [0.05, 0.1) is 0 Å². The maximum atomic E-state index is 11.9. The van der Waals surface area contributed by atoms with E-state index < -0.39 is 6.67 Å². The Kier molecular flexibility index (Phi) is 21.1. The van der Waals surface area contributed by atoms with Crippen LogP contribution < -0.4 is 16.2 Å². The molecule has 0 spiro atoms. The summed E-state index contributed by atoms with van der Waals surface area (Å²) in [7, 11) is 0. The van der Waals surface area contributed by atoms with E-state index in [9.17, 15) is 9.18 Å². The fourth-order valence-corrected chi connectivity index (χ4v) is 2.76. The number of hydrogen-bond donors (Lipinski definition) is 3. The number of carbonyl (C=O) groups is 1. The third-order valence-electron chi connectivity index (χ3n) is 4.42. The zero-order chi connectivity index (χ0) is 18.4. The van der Waals surface area contributed by atoms with Gasteiger partial charge in [0, 0.05) is 26.1 Å². The van der Waals surface area contributed by atoms with Crippen LogP contribution in [0.3, 0.4) is 0 Å². The number of carbonyl (C=O) groups excluding carboxylic acids is 1. The van der Waals surface area contributed by atoms with Gasteiger partial charge >= 0.3 is 0 Å². The molecule has 0 unspecified atom stereocenters. The van der Waals surface area contributed by atoms with Crippen LogP contribution >= 0.6 is 0 Å². The zero-order valence-corrected chi connectivity index (χ0v) is 16.5. The number of unbranched alkanes of at least 4 members (excludes halogenated alkanes) is 10. The second-order valence-corrected chi connectivity index (χ2v) is 6.91. The monoisotopic (exact) mass is 359 g/mol. The smallest absolute Gasteiger partial charge is 0.165 e. The molecule has 25 heavy (non-hydrogen) atoms. The first-order chi connectivity index (χ1) is 12.3. The molecule has 150 valence electrons. The second kappa shape index (κ2) is 21.5. The van der Waals surface area contributed by atoms with Crippen molar-refractivity contribution in [1.29, 1.82) is 0 Å². The predicted molar refractivity (Wildman–Crippen MR) is 106 cm³/mol. The molecule has 0 aliphatic heterocycles. The standard InChI is InChI=1S/C20H42FN3O/c1-2-3-11-16-23-24-17-13-10-8-6-4-5-7-9-12-15-22-18-14-20(25)19-21/h22-24H,2-19H2,1H3. The van der Waals surface area contributed by atoms with E-state index in [1.807, 2.05) is 0 Å². The van der Waals surface area contributed by atoms with Crippen molar-refractivity contribution >= 4 is 5.78 Å². The minimum Gasteiger partial charge on any atom is -0.316 e. The Bertz CT molecular complexity index is 278. The molecule has 3 N–H and O–H groups in total. The molecule has 0 aromatic heterocycles. The van der Waals surface area contributed by atoms with Gasteiger partial charge in [-0.3, -0.25) is 15.6 Å². The van der Waals surface area contributed by atoms with Crippen molar-refractivity contribution in [2.75, 3.05) is 32.9 Å². The van der Waals surface area contributed by atoms with Gasteiger partial charge in [0.1, 0.15) is 6.67 Å². The van der Waals surface area contributed by atoms with Crippen molar-refractivity contribution in [3.8, 4) is 0 Å². The summed E-state index contributed by atoms with van der Waals surface area (Å²) in [6.45, 7) is 5.13. The van der Waals surface area contributed by atoms with Gasteiger partial charge in [-0.1, -0.05) is 64.7 Å². The van der Waals surface area contributed by atoms with Crippen molar-refractivity contribution in [2.45, 2.75) is 90.4 Å². The predicted octanol–water partition coefficient (Wildman–Crippen LogP) is 4.30. The molecular weight excluding hydrogens is 317 g/mol. The maximum Gasteiger partial charge on any atom is 0.165 e. The molecule has 0 saturated carbocycles. The van der Waals surface area contributed by atoms with Gasteiger partial charge in [-0.25, -0.2) is 4.39 Å². The SMILES string of the molecule is CCCCCNNCCCCCCCCCCCNCCC(=O)CF. The van der Waals surface area contributed by atoms with Crippen LogP contribution in [0.1, 0.15) is 90.4 Å². The van der Waals surface area contributed by atoms with E-state index in [4.69, 9.17) is 0 Å². The number of hydrazine groups is 1. The molecule has 0 radical (unpaired) electrons. The van der Waals surface area contributed by atoms with Crippen molar-refractivity contribution < 1.29 is 9.18 Å². The minimum atomic E-state index is -0.825. The number of ketones is 1. The summed E-state index contributed by atoms with van der Waals surface area (Å²) in [4.78, 5) is 10.8. The summed E-state index contributed by atoms with van der Waals surface area (Å²) in [6.07, 6.45) is 15.8. The first-order valence-electron chi connectivity index (χ1n) is 10.5. The normalized spacial score (nSPS) is 11.1. The topological polar surface area (TPSA) is 53.2 Å². The van der Waals surface area contributed by atoms with Crippen LogP contribution in [0.2, 0.25) is 0 Å². The molecule has 0 saturated heterocycles. The maximum absolute atomic E-state index is 11.9. The summed E-state index contributed by atoms with van der Waals surface area (Å²) in [5, 5.41) is 3.20. The molecule has 0 heterocycles. The first kappa shape index (κ1) is 24.5. The summed E-state index contributed by atoms with van der Waals surface area (Å²) in [5.41, 5.74) is 6.58. The Hall–Kier alpha value is -0.520. The van der Waals surface area contributed by atoms with Crippen LogP contribution in [0.4, 0.5) is 4.39 Å². The van der Waals surface area contributed by atoms with Crippen LogP contribution in [0, 0.1) is 0 Å². The van der Waals surface area contributed by atoms with Gasteiger partial charge in [-0.2, -0.15) is 0 Å². The number of halogens is 1. The summed E-state index contributed by atoms with van der Waals surface area (Å²) in [5.74, 6) is -0.300. The molecule has 0 aliphatic carbocycles. The molecule has 0 rings (SSSR count). The Morgan fingerprint density at radius 3 is 1.68 bits per heavy atom. The molecule has 0 amide bonds. The Balaban J connectivity index is 2.99. The van der Waals surface area contributed by atoms with E-state index >= 15 is 0 Å². The van der Waals surface area contributed by atoms with Crippen LogP contribution in [0.15, 0.2) is 0 Å². The molecule has 0 aromatic carbocycles. The highest BCUT2D eigenvalue weighted by atomic mass is 19.1. The van der Waals surface area contributed by atoms with E-state index in [2.05, 4.69) is 23.1 Å². The van der Waals surface area contributed by atoms with Crippen LogP contribution in [-0.4, -0.2) is 38.6 Å². The highest BCUT2D eigenvalue weighted by molar-refractivity contribution is 5.79. The summed E-state index contributed by atoms with van der Waals surface area (Å²) in [6, 6.07) is 0. The van der Waals surface area contributed by atoms with Gasteiger partial charge < -0.3 is 5.32 Å². The molecule has 0 bridgehead atoms. The van der Waals surface area contributed by atoms with Crippen LogP contribution in [-0.2, 0) is 4.79 Å². The molecule has 0 aromatic rings. The van der Waals surface area contributed by atoms with Gasteiger partial charge in [0.25, 0.3) is 0 Å². The summed E-state index contributed by atoms with van der Waals surface area (Å²) < 4.78 is 11.9. The third-order valence-corrected chi connectivity index (χ3v) is 4.42. The molecular formula is C20H42FN3O. The molecule has 0 fully saturated rings. The van der Waals surface area contributed by atoms with E-state index in [1.54, 1.807) is 0 Å². The lowest BCUT2D eigenvalue weighted by Crippen LogP contribution is -2.33.